The maximum Gasteiger partial charge on any atom is 0.418 e. The second kappa shape index (κ2) is 8.84. The van der Waals surface area contributed by atoms with Crippen molar-refractivity contribution in [3.63, 3.8) is 0 Å². The average Bonchev–Trinajstić information content (AvgIpc) is 3.23. The van der Waals surface area contributed by atoms with Crippen molar-refractivity contribution in [3.8, 4) is 11.5 Å². The molecular formula is C23H21F4N3O3. The molecule has 174 valence electrons. The number of piperidine rings is 1. The van der Waals surface area contributed by atoms with E-state index in [2.05, 4.69) is 10.1 Å². The Morgan fingerprint density at radius 3 is 2.70 bits per heavy atom. The first kappa shape index (κ1) is 22.8. The van der Waals surface area contributed by atoms with E-state index in [-0.39, 0.29) is 35.4 Å². The summed E-state index contributed by atoms with van der Waals surface area (Å²) in [6, 6.07) is 7.53. The summed E-state index contributed by atoms with van der Waals surface area (Å²) in [6.07, 6.45) is -1.88. The van der Waals surface area contributed by atoms with Gasteiger partial charge in [-0.2, -0.15) is 18.2 Å². The zero-order valence-electron chi connectivity index (χ0n) is 17.7. The van der Waals surface area contributed by atoms with Gasteiger partial charge in [0.2, 0.25) is 0 Å². The smallest absolute Gasteiger partial charge is 0.418 e. The van der Waals surface area contributed by atoms with Crippen LogP contribution in [0.1, 0.15) is 53.5 Å². The van der Waals surface area contributed by atoms with Crippen LogP contribution in [0.25, 0.3) is 11.5 Å². The zero-order chi connectivity index (χ0) is 23.8. The maximum atomic E-state index is 13.9. The van der Waals surface area contributed by atoms with Gasteiger partial charge >= 0.3 is 12.1 Å². The van der Waals surface area contributed by atoms with Crippen LogP contribution in [0.3, 0.4) is 0 Å². The highest BCUT2D eigenvalue weighted by molar-refractivity contribution is 5.88. The molecule has 1 aromatic heterocycles. The molecule has 10 heteroatoms. The molecule has 4 rings (SSSR count). The number of halogens is 4. The fourth-order valence-electron chi connectivity index (χ4n) is 4.07. The second-order valence-corrected chi connectivity index (χ2v) is 8.08. The topological polar surface area (TPSA) is 79.5 Å². The van der Waals surface area contributed by atoms with Crippen molar-refractivity contribution in [3.05, 3.63) is 64.7 Å². The van der Waals surface area contributed by atoms with E-state index in [1.54, 1.807) is 4.90 Å². The van der Waals surface area contributed by atoms with Crippen LogP contribution in [0.5, 0.6) is 0 Å². The van der Waals surface area contributed by atoms with Crippen LogP contribution in [0, 0.1) is 5.82 Å². The Morgan fingerprint density at radius 1 is 1.21 bits per heavy atom. The Morgan fingerprint density at radius 2 is 2.00 bits per heavy atom. The van der Waals surface area contributed by atoms with Gasteiger partial charge in [0, 0.05) is 30.3 Å². The minimum atomic E-state index is -4.56. The standard InChI is InChI=1S/C23H21F4N3O3/c1-13-4-2-3-9-30(13)19-8-6-15(12-17(19)23(25,26)27)21-28-20(29-33-21)11-14-5-7-18(24)16(10-14)22(31)32/h5-8,10,12-13H,2-4,9,11H2,1H3,(H,31,32). The highest BCUT2D eigenvalue weighted by Gasteiger charge is 2.37. The number of aromatic carboxylic acids is 1. The zero-order valence-corrected chi connectivity index (χ0v) is 17.7. The van der Waals surface area contributed by atoms with Crippen LogP contribution in [-0.4, -0.2) is 33.8 Å². The summed E-state index contributed by atoms with van der Waals surface area (Å²) >= 11 is 0. The van der Waals surface area contributed by atoms with Crippen molar-refractivity contribution in [2.75, 3.05) is 11.4 Å². The SMILES string of the molecule is CC1CCCCN1c1ccc(-c2nc(Cc3ccc(F)c(C(=O)O)c3)no2)cc1C(F)(F)F. The van der Waals surface area contributed by atoms with Crippen molar-refractivity contribution in [1.29, 1.82) is 0 Å². The average molecular weight is 463 g/mol. The Kier molecular flexibility index (Phi) is 6.09. The lowest BCUT2D eigenvalue weighted by Crippen LogP contribution is -2.38. The predicted octanol–water partition coefficient (Wildman–Crippen LogP) is 5.56. The summed E-state index contributed by atoms with van der Waals surface area (Å²) in [5, 5.41) is 12.8. The van der Waals surface area contributed by atoms with Crippen LogP contribution in [-0.2, 0) is 12.6 Å². The highest BCUT2D eigenvalue weighted by Crippen LogP contribution is 2.40. The molecule has 0 bridgehead atoms. The van der Waals surface area contributed by atoms with Gasteiger partial charge in [-0.05, 0) is 62.1 Å². The Hall–Kier alpha value is -3.43. The van der Waals surface area contributed by atoms with Crippen molar-refractivity contribution < 1.29 is 32.0 Å². The van der Waals surface area contributed by atoms with E-state index in [1.165, 1.54) is 18.2 Å². The van der Waals surface area contributed by atoms with Gasteiger partial charge in [-0.25, -0.2) is 9.18 Å². The number of carboxylic acids is 1. The van der Waals surface area contributed by atoms with Crippen molar-refractivity contribution in [2.45, 2.75) is 44.8 Å². The monoisotopic (exact) mass is 463 g/mol. The lowest BCUT2D eigenvalue weighted by molar-refractivity contribution is -0.137. The van der Waals surface area contributed by atoms with Gasteiger partial charge < -0.3 is 14.5 Å². The molecule has 1 unspecified atom stereocenters. The van der Waals surface area contributed by atoms with E-state index in [4.69, 9.17) is 9.63 Å². The Bertz CT molecular complexity index is 1180. The van der Waals surface area contributed by atoms with E-state index < -0.39 is 29.1 Å². The fraction of sp³-hybridized carbons (Fsp3) is 0.348. The third kappa shape index (κ3) is 4.84. The van der Waals surface area contributed by atoms with Crippen molar-refractivity contribution >= 4 is 11.7 Å². The van der Waals surface area contributed by atoms with E-state index in [1.807, 2.05) is 6.92 Å². The molecule has 1 saturated heterocycles. The minimum Gasteiger partial charge on any atom is -0.478 e. The molecule has 1 N–H and O–H groups in total. The minimum absolute atomic E-state index is 0.00658. The molecule has 6 nitrogen and oxygen atoms in total. The molecule has 3 aromatic rings. The second-order valence-electron chi connectivity index (χ2n) is 8.08. The van der Waals surface area contributed by atoms with Gasteiger partial charge in [-0.3, -0.25) is 0 Å². The molecule has 0 aliphatic carbocycles. The van der Waals surface area contributed by atoms with E-state index in [9.17, 15) is 22.4 Å². The summed E-state index contributed by atoms with van der Waals surface area (Å²) < 4.78 is 60.4. The summed E-state index contributed by atoms with van der Waals surface area (Å²) in [5.41, 5.74) is -0.580. The number of carboxylic acid groups (broad SMARTS) is 1. The summed E-state index contributed by atoms with van der Waals surface area (Å²) in [5.74, 6) is -2.24. The Balaban J connectivity index is 1.63. The molecule has 2 aromatic carbocycles. The largest absolute Gasteiger partial charge is 0.478 e. The highest BCUT2D eigenvalue weighted by atomic mass is 19.4. The van der Waals surface area contributed by atoms with Gasteiger partial charge in [0.15, 0.2) is 5.82 Å². The number of aromatic nitrogens is 2. The molecule has 33 heavy (non-hydrogen) atoms. The fourth-order valence-corrected chi connectivity index (χ4v) is 4.07. The molecule has 1 aliphatic rings. The van der Waals surface area contributed by atoms with Gasteiger partial charge in [0.05, 0.1) is 11.1 Å². The summed E-state index contributed by atoms with van der Waals surface area (Å²) in [4.78, 5) is 17.0. The number of benzene rings is 2. The first-order valence-electron chi connectivity index (χ1n) is 10.5. The van der Waals surface area contributed by atoms with Gasteiger partial charge in [-0.15, -0.1) is 0 Å². The molecule has 0 saturated carbocycles. The number of rotatable bonds is 5. The van der Waals surface area contributed by atoms with Crippen LogP contribution >= 0.6 is 0 Å². The number of nitrogens with zero attached hydrogens (tertiary/aromatic N) is 3. The molecule has 0 amide bonds. The third-order valence-corrected chi connectivity index (χ3v) is 5.75. The van der Waals surface area contributed by atoms with Crippen LogP contribution in [0.2, 0.25) is 0 Å². The number of hydrogen-bond acceptors (Lipinski definition) is 5. The summed E-state index contributed by atoms with van der Waals surface area (Å²) in [7, 11) is 0. The summed E-state index contributed by atoms with van der Waals surface area (Å²) in [6.45, 7) is 2.48. The van der Waals surface area contributed by atoms with Crippen molar-refractivity contribution in [2.24, 2.45) is 0 Å². The molecule has 1 fully saturated rings. The number of anilines is 1. The first-order chi connectivity index (χ1) is 15.6. The molecular weight excluding hydrogens is 442 g/mol. The molecule has 0 spiro atoms. The third-order valence-electron chi connectivity index (χ3n) is 5.75. The van der Waals surface area contributed by atoms with Crippen LogP contribution in [0.4, 0.5) is 23.2 Å². The Labute approximate surface area is 186 Å². The maximum absolute atomic E-state index is 13.9. The van der Waals surface area contributed by atoms with E-state index in [0.29, 0.717) is 12.1 Å². The normalized spacial score (nSPS) is 16.8. The van der Waals surface area contributed by atoms with Gasteiger partial charge in [0.25, 0.3) is 5.89 Å². The molecule has 1 aliphatic heterocycles. The van der Waals surface area contributed by atoms with E-state index >= 15 is 0 Å². The van der Waals surface area contributed by atoms with E-state index in [0.717, 1.165) is 37.5 Å². The lowest BCUT2D eigenvalue weighted by Gasteiger charge is -2.37. The quantitative estimate of drug-likeness (QED) is 0.499. The number of hydrogen-bond donors (Lipinski definition) is 1. The first-order valence-corrected chi connectivity index (χ1v) is 10.5. The number of carbonyl (C=O) groups is 1. The molecule has 2 heterocycles. The molecule has 0 radical (unpaired) electrons. The van der Waals surface area contributed by atoms with Crippen molar-refractivity contribution in [1.82, 2.24) is 10.1 Å². The number of alkyl halides is 3. The molecule has 1 atom stereocenters. The predicted molar refractivity (Wildman–Crippen MR) is 112 cm³/mol. The lowest BCUT2D eigenvalue weighted by atomic mass is 9.99. The van der Waals surface area contributed by atoms with Crippen LogP contribution in [0.15, 0.2) is 40.9 Å². The van der Waals surface area contributed by atoms with Gasteiger partial charge in [-0.1, -0.05) is 11.2 Å². The van der Waals surface area contributed by atoms with Gasteiger partial charge in [0.1, 0.15) is 5.82 Å². The van der Waals surface area contributed by atoms with Crippen LogP contribution < -0.4 is 4.90 Å².